The lowest BCUT2D eigenvalue weighted by atomic mass is 10.2. The molecule has 4 heteroatoms. The van der Waals surface area contributed by atoms with Crippen LogP contribution in [-0.2, 0) is 4.74 Å². The third kappa shape index (κ3) is 3.98. The molecule has 0 unspecified atom stereocenters. The Hall–Kier alpha value is -1.42. The van der Waals surface area contributed by atoms with E-state index in [0.717, 1.165) is 12.5 Å². The number of aldehydes is 1. The predicted molar refractivity (Wildman–Crippen MR) is 58.4 cm³/mol. The minimum atomic E-state index is -0.441. The van der Waals surface area contributed by atoms with Crippen molar-refractivity contribution in [1.29, 1.82) is 0 Å². The normalized spacial score (nSPS) is 10.1. The zero-order chi connectivity index (χ0) is 11.8. The summed E-state index contributed by atoms with van der Waals surface area (Å²) in [5.74, 6) is -0.0309. The summed E-state index contributed by atoms with van der Waals surface area (Å²) in [4.78, 5) is 10.6. The highest BCUT2D eigenvalue weighted by molar-refractivity contribution is 5.79. The number of hydrogen-bond acceptors (Lipinski definition) is 3. The minimum Gasteiger partial charge on any atom is -0.493 e. The quantitative estimate of drug-likeness (QED) is 0.529. The molecule has 0 amide bonds. The molecule has 0 N–H and O–H groups in total. The monoisotopic (exact) mass is 226 g/mol. The fraction of sp³-hybridized carbons (Fsp3) is 0.417. The van der Waals surface area contributed by atoms with Gasteiger partial charge in [0, 0.05) is 19.6 Å². The van der Waals surface area contributed by atoms with Gasteiger partial charge in [0.25, 0.3) is 0 Å². The van der Waals surface area contributed by atoms with Crippen LogP contribution >= 0.6 is 0 Å². The molecule has 1 rings (SSSR count). The standard InChI is InChI=1S/C12H15FO3/c1-2-15-6-3-7-16-12-5-4-11(13)8-10(12)9-14/h4-5,8-9H,2-3,6-7H2,1H3. The topological polar surface area (TPSA) is 35.5 Å². The zero-order valence-corrected chi connectivity index (χ0v) is 9.24. The van der Waals surface area contributed by atoms with Crippen molar-refractivity contribution in [3.05, 3.63) is 29.6 Å². The van der Waals surface area contributed by atoms with E-state index >= 15 is 0 Å². The number of ether oxygens (including phenoxy) is 2. The van der Waals surface area contributed by atoms with E-state index in [4.69, 9.17) is 9.47 Å². The maximum Gasteiger partial charge on any atom is 0.153 e. The highest BCUT2D eigenvalue weighted by atomic mass is 19.1. The first-order chi connectivity index (χ1) is 7.77. The lowest BCUT2D eigenvalue weighted by Gasteiger charge is -2.08. The maximum atomic E-state index is 12.8. The molecule has 0 heterocycles. The second kappa shape index (κ2) is 6.95. The van der Waals surface area contributed by atoms with Gasteiger partial charge in [0.15, 0.2) is 6.29 Å². The number of carbonyl (C=O) groups is 1. The van der Waals surface area contributed by atoms with Gasteiger partial charge in [0.05, 0.1) is 12.2 Å². The molecule has 0 aliphatic rings. The van der Waals surface area contributed by atoms with E-state index < -0.39 is 5.82 Å². The van der Waals surface area contributed by atoms with Crippen LogP contribution in [0.4, 0.5) is 4.39 Å². The van der Waals surface area contributed by atoms with Gasteiger partial charge in [0.1, 0.15) is 11.6 Å². The van der Waals surface area contributed by atoms with Gasteiger partial charge in [-0.05, 0) is 25.1 Å². The molecule has 0 saturated carbocycles. The minimum absolute atomic E-state index is 0.233. The van der Waals surface area contributed by atoms with Crippen LogP contribution in [0.3, 0.4) is 0 Å². The molecular weight excluding hydrogens is 211 g/mol. The largest absolute Gasteiger partial charge is 0.493 e. The zero-order valence-electron chi connectivity index (χ0n) is 9.24. The van der Waals surface area contributed by atoms with Crippen LogP contribution in [0.25, 0.3) is 0 Å². The van der Waals surface area contributed by atoms with Gasteiger partial charge in [-0.1, -0.05) is 0 Å². The highest BCUT2D eigenvalue weighted by Crippen LogP contribution is 2.17. The van der Waals surface area contributed by atoms with Gasteiger partial charge in [0.2, 0.25) is 0 Å². The smallest absolute Gasteiger partial charge is 0.153 e. The molecule has 1 aromatic rings. The van der Waals surface area contributed by atoms with E-state index in [1.54, 1.807) is 0 Å². The van der Waals surface area contributed by atoms with Crippen LogP contribution in [0.15, 0.2) is 18.2 Å². The van der Waals surface area contributed by atoms with E-state index in [0.29, 0.717) is 31.9 Å². The van der Waals surface area contributed by atoms with Gasteiger partial charge in [-0.3, -0.25) is 4.79 Å². The van der Waals surface area contributed by atoms with Crippen molar-refractivity contribution in [2.45, 2.75) is 13.3 Å². The van der Waals surface area contributed by atoms with Crippen molar-refractivity contribution in [3.63, 3.8) is 0 Å². The summed E-state index contributed by atoms with van der Waals surface area (Å²) < 4.78 is 23.3. The van der Waals surface area contributed by atoms with Crippen LogP contribution in [0.5, 0.6) is 5.75 Å². The van der Waals surface area contributed by atoms with Gasteiger partial charge in [-0.2, -0.15) is 0 Å². The first kappa shape index (κ1) is 12.6. The van der Waals surface area contributed by atoms with Crippen LogP contribution in [0.2, 0.25) is 0 Å². The molecule has 0 fully saturated rings. The SMILES string of the molecule is CCOCCCOc1ccc(F)cc1C=O. The van der Waals surface area contributed by atoms with Crippen molar-refractivity contribution in [1.82, 2.24) is 0 Å². The molecule has 0 radical (unpaired) electrons. The molecule has 0 aliphatic heterocycles. The van der Waals surface area contributed by atoms with E-state index in [-0.39, 0.29) is 5.56 Å². The van der Waals surface area contributed by atoms with Gasteiger partial charge in [-0.25, -0.2) is 4.39 Å². The van der Waals surface area contributed by atoms with E-state index in [1.165, 1.54) is 12.1 Å². The van der Waals surface area contributed by atoms with Crippen LogP contribution < -0.4 is 4.74 Å². The summed E-state index contributed by atoms with van der Waals surface area (Å²) in [5.41, 5.74) is 0.233. The summed E-state index contributed by atoms with van der Waals surface area (Å²) in [6.45, 7) is 3.67. The third-order valence-corrected chi connectivity index (χ3v) is 1.99. The molecule has 1 aromatic carbocycles. The lowest BCUT2D eigenvalue weighted by molar-refractivity contribution is 0.111. The second-order valence-electron chi connectivity index (χ2n) is 3.20. The van der Waals surface area contributed by atoms with Gasteiger partial charge in [-0.15, -0.1) is 0 Å². The van der Waals surface area contributed by atoms with Crippen LogP contribution in [0.1, 0.15) is 23.7 Å². The molecule has 0 bridgehead atoms. The maximum absolute atomic E-state index is 12.8. The Morgan fingerprint density at radius 3 is 2.88 bits per heavy atom. The van der Waals surface area contributed by atoms with Crippen molar-refractivity contribution in [3.8, 4) is 5.75 Å². The first-order valence-corrected chi connectivity index (χ1v) is 5.23. The number of hydrogen-bond donors (Lipinski definition) is 0. The van der Waals surface area contributed by atoms with E-state index in [9.17, 15) is 9.18 Å². The lowest BCUT2D eigenvalue weighted by Crippen LogP contribution is -2.04. The molecule has 0 spiro atoms. The van der Waals surface area contributed by atoms with Crippen molar-refractivity contribution in [2.24, 2.45) is 0 Å². The predicted octanol–water partition coefficient (Wildman–Crippen LogP) is 2.44. The molecule has 0 saturated heterocycles. The Kier molecular flexibility index (Phi) is 5.50. The van der Waals surface area contributed by atoms with Crippen LogP contribution in [-0.4, -0.2) is 26.1 Å². The number of carbonyl (C=O) groups excluding carboxylic acids is 1. The second-order valence-corrected chi connectivity index (χ2v) is 3.20. The Labute approximate surface area is 94.2 Å². The van der Waals surface area contributed by atoms with Crippen LogP contribution in [0, 0.1) is 5.82 Å². The molecular formula is C12H15FO3. The summed E-state index contributed by atoms with van der Waals surface area (Å²) in [6, 6.07) is 3.88. The number of benzene rings is 1. The Morgan fingerprint density at radius 1 is 1.38 bits per heavy atom. The average molecular weight is 226 g/mol. The highest BCUT2D eigenvalue weighted by Gasteiger charge is 2.04. The number of halogens is 1. The van der Waals surface area contributed by atoms with Crippen molar-refractivity contribution in [2.75, 3.05) is 19.8 Å². The van der Waals surface area contributed by atoms with Crippen molar-refractivity contribution < 1.29 is 18.7 Å². The molecule has 0 aliphatic carbocycles. The molecule has 3 nitrogen and oxygen atoms in total. The summed E-state index contributed by atoms with van der Waals surface area (Å²) in [6.07, 6.45) is 1.32. The first-order valence-electron chi connectivity index (χ1n) is 5.23. The number of rotatable bonds is 7. The Bertz CT molecular complexity index is 339. The fourth-order valence-electron chi connectivity index (χ4n) is 1.23. The van der Waals surface area contributed by atoms with E-state index in [1.807, 2.05) is 6.92 Å². The fourth-order valence-corrected chi connectivity index (χ4v) is 1.23. The molecule has 16 heavy (non-hydrogen) atoms. The summed E-state index contributed by atoms with van der Waals surface area (Å²) in [5, 5.41) is 0. The Balaban J connectivity index is 2.44. The summed E-state index contributed by atoms with van der Waals surface area (Å²) in [7, 11) is 0. The molecule has 0 atom stereocenters. The average Bonchev–Trinajstić information content (AvgIpc) is 2.30. The van der Waals surface area contributed by atoms with Crippen molar-refractivity contribution >= 4 is 6.29 Å². The third-order valence-electron chi connectivity index (χ3n) is 1.99. The van der Waals surface area contributed by atoms with Gasteiger partial charge < -0.3 is 9.47 Å². The Morgan fingerprint density at radius 2 is 2.19 bits per heavy atom. The van der Waals surface area contributed by atoms with Gasteiger partial charge >= 0.3 is 0 Å². The molecule has 0 aromatic heterocycles. The molecule has 88 valence electrons. The van der Waals surface area contributed by atoms with E-state index in [2.05, 4.69) is 0 Å². The summed E-state index contributed by atoms with van der Waals surface area (Å²) >= 11 is 0.